The van der Waals surface area contributed by atoms with Gasteiger partial charge in [0.05, 0.1) is 11.6 Å². The maximum atomic E-state index is 5.67. The van der Waals surface area contributed by atoms with Gasteiger partial charge in [-0.3, -0.25) is 4.90 Å². The Morgan fingerprint density at radius 1 is 1.35 bits per heavy atom. The summed E-state index contributed by atoms with van der Waals surface area (Å²) in [5.74, 6) is 1.34. The number of ether oxygens (including phenoxy) is 1. The fraction of sp³-hybridized carbons (Fsp3) is 0.857. The van der Waals surface area contributed by atoms with Gasteiger partial charge in [-0.25, -0.2) is 0 Å². The summed E-state index contributed by atoms with van der Waals surface area (Å²) in [6.45, 7) is 12.7. The lowest BCUT2D eigenvalue weighted by Gasteiger charge is -2.32. The summed E-state index contributed by atoms with van der Waals surface area (Å²) in [6, 6.07) is 0.240. The van der Waals surface area contributed by atoms with E-state index < -0.39 is 0 Å². The minimum Gasteiger partial charge on any atom is -0.366 e. The number of hydrogen-bond acceptors (Lipinski definition) is 6. The van der Waals surface area contributed by atoms with Gasteiger partial charge in [0.25, 0.3) is 5.89 Å². The molecule has 114 valence electrons. The third-order valence-corrected chi connectivity index (χ3v) is 3.39. The summed E-state index contributed by atoms with van der Waals surface area (Å²) in [7, 11) is 0. The highest BCUT2D eigenvalue weighted by Gasteiger charge is 2.25. The molecule has 1 unspecified atom stereocenters. The van der Waals surface area contributed by atoms with Gasteiger partial charge in [0.2, 0.25) is 0 Å². The van der Waals surface area contributed by atoms with Crippen molar-refractivity contribution in [1.29, 1.82) is 0 Å². The highest BCUT2D eigenvalue weighted by atomic mass is 16.5. The number of nitrogens with zero attached hydrogens (tertiary/aromatic N) is 3. The van der Waals surface area contributed by atoms with Crippen LogP contribution in [0, 0.1) is 0 Å². The average molecular weight is 282 g/mol. The van der Waals surface area contributed by atoms with Crippen LogP contribution in [0.15, 0.2) is 4.52 Å². The predicted molar refractivity (Wildman–Crippen MR) is 76.3 cm³/mol. The van der Waals surface area contributed by atoms with E-state index in [-0.39, 0.29) is 11.6 Å². The molecule has 20 heavy (non-hydrogen) atoms. The van der Waals surface area contributed by atoms with Crippen molar-refractivity contribution in [1.82, 2.24) is 20.4 Å². The highest BCUT2D eigenvalue weighted by Crippen LogP contribution is 2.22. The Morgan fingerprint density at radius 2 is 2.05 bits per heavy atom. The first-order chi connectivity index (χ1) is 9.49. The minimum absolute atomic E-state index is 0.197. The number of nitrogens with one attached hydrogen (secondary N) is 1. The SMILES string of the molecule is CCC(c1noc(COC(C)(C)C)n1)N1CCNCC1. The van der Waals surface area contributed by atoms with E-state index in [0.717, 1.165) is 38.4 Å². The molecule has 0 radical (unpaired) electrons. The van der Waals surface area contributed by atoms with Gasteiger partial charge in [-0.15, -0.1) is 0 Å². The molecule has 0 spiro atoms. The summed E-state index contributed by atoms with van der Waals surface area (Å²) < 4.78 is 11.0. The molecular weight excluding hydrogens is 256 g/mol. The van der Waals surface area contributed by atoms with Crippen LogP contribution in [0.2, 0.25) is 0 Å². The maximum Gasteiger partial charge on any atom is 0.252 e. The normalized spacial score (nSPS) is 19.2. The van der Waals surface area contributed by atoms with Gasteiger partial charge in [-0.2, -0.15) is 4.98 Å². The van der Waals surface area contributed by atoms with Crippen LogP contribution < -0.4 is 5.32 Å². The van der Waals surface area contributed by atoms with E-state index in [1.54, 1.807) is 0 Å². The van der Waals surface area contributed by atoms with E-state index in [4.69, 9.17) is 9.26 Å². The van der Waals surface area contributed by atoms with Crippen LogP contribution in [0.5, 0.6) is 0 Å². The number of aromatic nitrogens is 2. The molecule has 0 bridgehead atoms. The number of hydrogen-bond donors (Lipinski definition) is 1. The molecule has 1 aliphatic rings. The molecule has 1 aliphatic heterocycles. The highest BCUT2D eigenvalue weighted by molar-refractivity contribution is 4.95. The molecule has 1 saturated heterocycles. The van der Waals surface area contributed by atoms with Gasteiger partial charge in [0.15, 0.2) is 5.82 Å². The second-order valence-corrected chi connectivity index (χ2v) is 6.16. The lowest BCUT2D eigenvalue weighted by Crippen LogP contribution is -2.45. The van der Waals surface area contributed by atoms with Gasteiger partial charge in [0, 0.05) is 26.2 Å². The zero-order valence-corrected chi connectivity index (χ0v) is 13.0. The fourth-order valence-corrected chi connectivity index (χ4v) is 2.34. The van der Waals surface area contributed by atoms with Crippen LogP contribution in [0.3, 0.4) is 0 Å². The van der Waals surface area contributed by atoms with Crippen LogP contribution in [-0.2, 0) is 11.3 Å². The van der Waals surface area contributed by atoms with Gasteiger partial charge >= 0.3 is 0 Å². The Hall–Kier alpha value is -0.980. The standard InChI is InChI=1S/C14H26N4O2/c1-5-11(18-8-6-15-7-9-18)13-16-12(20-17-13)10-19-14(2,3)4/h11,15H,5-10H2,1-4H3. The number of rotatable bonds is 5. The van der Waals surface area contributed by atoms with Crippen LogP contribution >= 0.6 is 0 Å². The average Bonchev–Trinajstić information content (AvgIpc) is 2.87. The van der Waals surface area contributed by atoms with Crippen molar-refractivity contribution in [3.8, 4) is 0 Å². The minimum atomic E-state index is -0.197. The van der Waals surface area contributed by atoms with Crippen LogP contribution in [-0.4, -0.2) is 46.8 Å². The first-order valence-corrected chi connectivity index (χ1v) is 7.41. The largest absolute Gasteiger partial charge is 0.366 e. The van der Waals surface area contributed by atoms with Gasteiger partial charge in [0.1, 0.15) is 6.61 Å². The zero-order valence-electron chi connectivity index (χ0n) is 13.0. The molecule has 1 fully saturated rings. The molecule has 0 saturated carbocycles. The molecule has 1 aromatic rings. The quantitative estimate of drug-likeness (QED) is 0.887. The van der Waals surface area contributed by atoms with E-state index >= 15 is 0 Å². The Bertz CT molecular complexity index is 408. The molecule has 0 aromatic carbocycles. The molecule has 2 rings (SSSR count). The lowest BCUT2D eigenvalue weighted by atomic mass is 10.1. The van der Waals surface area contributed by atoms with Gasteiger partial charge < -0.3 is 14.6 Å². The van der Waals surface area contributed by atoms with Crippen LogP contribution in [0.25, 0.3) is 0 Å². The second-order valence-electron chi connectivity index (χ2n) is 6.16. The van der Waals surface area contributed by atoms with E-state index in [1.807, 2.05) is 20.8 Å². The fourth-order valence-electron chi connectivity index (χ4n) is 2.34. The van der Waals surface area contributed by atoms with Crippen molar-refractivity contribution in [2.75, 3.05) is 26.2 Å². The third-order valence-electron chi connectivity index (χ3n) is 3.39. The first kappa shape index (κ1) is 15.4. The molecule has 1 atom stereocenters. The van der Waals surface area contributed by atoms with Gasteiger partial charge in [-0.1, -0.05) is 12.1 Å². The first-order valence-electron chi connectivity index (χ1n) is 7.41. The zero-order chi connectivity index (χ0) is 14.6. The summed E-state index contributed by atoms with van der Waals surface area (Å²) in [5.41, 5.74) is -0.197. The topological polar surface area (TPSA) is 63.4 Å². The van der Waals surface area contributed by atoms with Crippen molar-refractivity contribution in [3.63, 3.8) is 0 Å². The van der Waals surface area contributed by atoms with Crippen molar-refractivity contribution < 1.29 is 9.26 Å². The molecular formula is C14H26N4O2. The van der Waals surface area contributed by atoms with E-state index in [1.165, 1.54) is 0 Å². The monoisotopic (exact) mass is 282 g/mol. The Labute approximate surface area is 120 Å². The smallest absolute Gasteiger partial charge is 0.252 e. The van der Waals surface area contributed by atoms with Crippen molar-refractivity contribution in [2.45, 2.75) is 52.4 Å². The van der Waals surface area contributed by atoms with Crippen molar-refractivity contribution >= 4 is 0 Å². The van der Waals surface area contributed by atoms with Crippen molar-refractivity contribution in [3.05, 3.63) is 11.7 Å². The summed E-state index contributed by atoms with van der Waals surface area (Å²) in [6.07, 6.45) is 0.985. The molecule has 6 heteroatoms. The Morgan fingerprint density at radius 3 is 2.65 bits per heavy atom. The van der Waals surface area contributed by atoms with Crippen molar-refractivity contribution in [2.24, 2.45) is 0 Å². The Balaban J connectivity index is 1.98. The van der Waals surface area contributed by atoms with Crippen LogP contribution in [0.1, 0.15) is 51.9 Å². The summed E-state index contributed by atoms with van der Waals surface area (Å²) in [5, 5.41) is 7.50. The Kier molecular flexibility index (Phi) is 5.12. The van der Waals surface area contributed by atoms with Crippen LogP contribution in [0.4, 0.5) is 0 Å². The summed E-state index contributed by atoms with van der Waals surface area (Å²) >= 11 is 0. The molecule has 1 aromatic heterocycles. The predicted octanol–water partition coefficient (Wildman–Crippen LogP) is 1.74. The number of piperazine rings is 1. The maximum absolute atomic E-state index is 5.67. The summed E-state index contributed by atoms with van der Waals surface area (Å²) in [4.78, 5) is 6.91. The van der Waals surface area contributed by atoms with E-state index in [2.05, 4.69) is 27.3 Å². The van der Waals surface area contributed by atoms with Gasteiger partial charge in [-0.05, 0) is 27.2 Å². The molecule has 0 aliphatic carbocycles. The molecule has 1 N–H and O–H groups in total. The van der Waals surface area contributed by atoms with E-state index in [9.17, 15) is 0 Å². The molecule has 6 nitrogen and oxygen atoms in total. The van der Waals surface area contributed by atoms with E-state index in [0.29, 0.717) is 12.5 Å². The molecule has 0 amide bonds. The molecule has 2 heterocycles. The second kappa shape index (κ2) is 6.65. The lowest BCUT2D eigenvalue weighted by molar-refractivity contribution is -0.0260. The third kappa shape index (κ3) is 4.26.